The van der Waals surface area contributed by atoms with Gasteiger partial charge in [-0.25, -0.2) is 0 Å². The second kappa shape index (κ2) is 8.61. The molecule has 1 saturated carbocycles. The topological polar surface area (TPSA) is 71.4 Å². The number of nitrogens with zero attached hydrogens (tertiary/aromatic N) is 2. The zero-order valence-corrected chi connectivity index (χ0v) is 18.5. The van der Waals surface area contributed by atoms with Crippen LogP contribution in [0.1, 0.15) is 55.0 Å². The molecule has 3 aliphatic rings. The van der Waals surface area contributed by atoms with Gasteiger partial charge < -0.3 is 14.8 Å². The zero-order valence-electron chi connectivity index (χ0n) is 17.7. The number of hydrogen-bond donors (Lipinski definition) is 1. The highest BCUT2D eigenvalue weighted by Gasteiger charge is 2.36. The number of aromatic nitrogens is 1. The molecule has 0 spiro atoms. The molecule has 4 heterocycles. The number of fused-ring (bicyclic) bond motifs is 4. The molecule has 2 aromatic heterocycles. The maximum atomic E-state index is 13.2. The van der Waals surface area contributed by atoms with Gasteiger partial charge in [-0.2, -0.15) is 0 Å². The monoisotopic (exact) mass is 439 g/mol. The van der Waals surface area contributed by atoms with Crippen molar-refractivity contribution in [2.24, 2.45) is 11.8 Å². The first-order chi connectivity index (χ1) is 15.1. The van der Waals surface area contributed by atoms with Crippen molar-refractivity contribution in [1.82, 2.24) is 9.47 Å². The smallest absolute Gasteiger partial charge is 0.274 e. The summed E-state index contributed by atoms with van der Waals surface area (Å²) in [7, 11) is 0. The lowest BCUT2D eigenvalue weighted by molar-refractivity contribution is -0.133. The summed E-state index contributed by atoms with van der Waals surface area (Å²) in [6, 6.07) is 7.73. The van der Waals surface area contributed by atoms with E-state index in [1.807, 2.05) is 33.0 Å². The van der Waals surface area contributed by atoms with Crippen molar-refractivity contribution in [2.45, 2.75) is 57.4 Å². The third kappa shape index (κ3) is 4.20. The molecule has 2 amide bonds. The van der Waals surface area contributed by atoms with Crippen LogP contribution in [0.3, 0.4) is 0 Å². The van der Waals surface area contributed by atoms with Crippen LogP contribution in [-0.4, -0.2) is 34.4 Å². The van der Waals surface area contributed by atoms with Crippen molar-refractivity contribution in [3.8, 4) is 0 Å². The molecule has 1 aliphatic carbocycles. The van der Waals surface area contributed by atoms with Gasteiger partial charge in [0.05, 0.1) is 6.42 Å². The highest BCUT2D eigenvalue weighted by atomic mass is 32.1. The van der Waals surface area contributed by atoms with E-state index in [-0.39, 0.29) is 35.1 Å². The van der Waals surface area contributed by atoms with Crippen LogP contribution in [0.5, 0.6) is 0 Å². The fraction of sp³-hybridized carbons (Fsp3) is 0.542. The van der Waals surface area contributed by atoms with Crippen LogP contribution in [0.15, 0.2) is 34.4 Å². The van der Waals surface area contributed by atoms with E-state index in [1.54, 1.807) is 17.4 Å². The van der Waals surface area contributed by atoms with Crippen LogP contribution in [0, 0.1) is 11.8 Å². The Kier molecular flexibility index (Phi) is 5.69. The van der Waals surface area contributed by atoms with Gasteiger partial charge >= 0.3 is 0 Å². The minimum atomic E-state index is -0.102. The molecule has 2 aliphatic heterocycles. The molecule has 1 N–H and O–H groups in total. The first kappa shape index (κ1) is 20.5. The maximum Gasteiger partial charge on any atom is 0.274 e. The molecule has 0 unspecified atom stereocenters. The van der Waals surface area contributed by atoms with Crippen LogP contribution in [0.4, 0.5) is 5.69 Å². The number of piperidine rings is 1. The Bertz CT molecular complexity index is 1020. The van der Waals surface area contributed by atoms with Gasteiger partial charge in [0.15, 0.2) is 0 Å². The molecule has 2 bridgehead atoms. The summed E-state index contributed by atoms with van der Waals surface area (Å²) in [5.41, 5.74) is 1.28. The van der Waals surface area contributed by atoms with Gasteiger partial charge in [0.25, 0.3) is 5.56 Å². The van der Waals surface area contributed by atoms with Crippen LogP contribution in [0.25, 0.3) is 0 Å². The number of amides is 2. The number of hydrogen-bond acceptors (Lipinski definition) is 4. The van der Waals surface area contributed by atoms with E-state index in [2.05, 4.69) is 5.32 Å². The number of rotatable bonds is 4. The highest BCUT2D eigenvalue weighted by Crippen LogP contribution is 2.36. The van der Waals surface area contributed by atoms with E-state index in [0.29, 0.717) is 31.7 Å². The van der Waals surface area contributed by atoms with Gasteiger partial charge in [-0.3, -0.25) is 14.4 Å². The minimum absolute atomic E-state index is 0.0151. The SMILES string of the molecule is O=C(Nc1ccc2n(c1=O)C[C@H]1C[C@@H]2CN(C(=O)Cc2cccs2)C1)C1CCCCC1. The molecule has 31 heavy (non-hydrogen) atoms. The number of pyridine rings is 1. The summed E-state index contributed by atoms with van der Waals surface area (Å²) in [5.74, 6) is 0.635. The summed E-state index contributed by atoms with van der Waals surface area (Å²) < 4.78 is 1.84. The average Bonchev–Trinajstić information content (AvgIpc) is 3.29. The first-order valence-electron chi connectivity index (χ1n) is 11.4. The van der Waals surface area contributed by atoms with Gasteiger partial charge in [0.2, 0.25) is 11.8 Å². The fourth-order valence-electron chi connectivity index (χ4n) is 5.52. The molecule has 2 aromatic rings. The van der Waals surface area contributed by atoms with Gasteiger partial charge in [0.1, 0.15) is 5.69 Å². The Balaban J connectivity index is 1.31. The summed E-state index contributed by atoms with van der Waals surface area (Å²) >= 11 is 1.62. The highest BCUT2D eigenvalue weighted by molar-refractivity contribution is 7.10. The van der Waals surface area contributed by atoms with E-state index in [1.165, 1.54) is 6.42 Å². The Hall–Kier alpha value is -2.41. The number of likely N-dealkylation sites (tertiary alicyclic amines) is 1. The Morgan fingerprint density at radius 1 is 1.06 bits per heavy atom. The predicted molar refractivity (Wildman–Crippen MR) is 121 cm³/mol. The molecule has 6 nitrogen and oxygen atoms in total. The number of thiophene rings is 1. The van der Waals surface area contributed by atoms with Gasteiger partial charge in [-0.05, 0) is 48.8 Å². The number of anilines is 1. The normalized spacial score (nSPS) is 23.3. The molecule has 0 aromatic carbocycles. The van der Waals surface area contributed by atoms with E-state index >= 15 is 0 Å². The van der Waals surface area contributed by atoms with E-state index in [0.717, 1.165) is 42.7 Å². The fourth-order valence-corrected chi connectivity index (χ4v) is 6.21. The molecule has 164 valence electrons. The Labute approximate surface area is 186 Å². The second-order valence-electron chi connectivity index (χ2n) is 9.27. The Morgan fingerprint density at radius 3 is 2.68 bits per heavy atom. The second-order valence-corrected chi connectivity index (χ2v) is 10.3. The molecule has 2 fully saturated rings. The largest absolute Gasteiger partial charge is 0.341 e. The standard InChI is InChI=1S/C24H29N3O3S/c28-22(12-19-7-4-10-31-19)26-13-16-11-18(15-26)21-9-8-20(24(30)27(21)14-16)25-23(29)17-5-2-1-3-6-17/h4,7-10,16-18H,1-3,5-6,11-15H2,(H,25,29)/t16-,18+/m0/s1. The quantitative estimate of drug-likeness (QED) is 0.791. The summed E-state index contributed by atoms with van der Waals surface area (Å²) in [6.45, 7) is 1.97. The lowest BCUT2D eigenvalue weighted by Crippen LogP contribution is -2.49. The molecule has 1 saturated heterocycles. The van der Waals surface area contributed by atoms with Gasteiger partial charge in [-0.15, -0.1) is 11.3 Å². The minimum Gasteiger partial charge on any atom is -0.341 e. The van der Waals surface area contributed by atoms with Crippen LogP contribution in [0.2, 0.25) is 0 Å². The van der Waals surface area contributed by atoms with Crippen molar-refractivity contribution in [1.29, 1.82) is 0 Å². The Morgan fingerprint density at radius 2 is 1.90 bits per heavy atom. The molecule has 0 radical (unpaired) electrons. The van der Waals surface area contributed by atoms with E-state index in [4.69, 9.17) is 0 Å². The lowest BCUT2D eigenvalue weighted by atomic mass is 9.83. The lowest BCUT2D eigenvalue weighted by Gasteiger charge is -2.43. The van der Waals surface area contributed by atoms with E-state index < -0.39 is 0 Å². The first-order valence-corrected chi connectivity index (χ1v) is 12.3. The number of carbonyl (C=O) groups is 2. The van der Waals surface area contributed by atoms with Crippen molar-refractivity contribution >= 4 is 28.8 Å². The van der Waals surface area contributed by atoms with Crippen molar-refractivity contribution < 1.29 is 9.59 Å². The number of nitrogens with one attached hydrogen (secondary N) is 1. The molecular formula is C24H29N3O3S. The average molecular weight is 440 g/mol. The summed E-state index contributed by atoms with van der Waals surface area (Å²) in [4.78, 5) is 41.7. The molecule has 7 heteroatoms. The van der Waals surface area contributed by atoms with Crippen molar-refractivity contribution in [3.05, 3.63) is 50.6 Å². The van der Waals surface area contributed by atoms with Crippen LogP contribution < -0.4 is 10.9 Å². The van der Waals surface area contributed by atoms with E-state index in [9.17, 15) is 14.4 Å². The van der Waals surface area contributed by atoms with Gasteiger partial charge in [0, 0.05) is 42.0 Å². The third-order valence-electron chi connectivity index (χ3n) is 7.10. The third-order valence-corrected chi connectivity index (χ3v) is 7.97. The molecule has 2 atom stereocenters. The molecule has 5 rings (SSSR count). The zero-order chi connectivity index (χ0) is 21.4. The van der Waals surface area contributed by atoms with Crippen LogP contribution in [-0.2, 0) is 22.6 Å². The summed E-state index contributed by atoms with van der Waals surface area (Å²) in [6.07, 6.45) is 6.67. The molecular weight excluding hydrogens is 410 g/mol. The summed E-state index contributed by atoms with van der Waals surface area (Å²) in [5, 5.41) is 4.91. The van der Waals surface area contributed by atoms with Crippen molar-refractivity contribution in [2.75, 3.05) is 18.4 Å². The van der Waals surface area contributed by atoms with Crippen LogP contribution >= 0.6 is 11.3 Å². The van der Waals surface area contributed by atoms with Gasteiger partial charge in [-0.1, -0.05) is 25.3 Å². The van der Waals surface area contributed by atoms with Crippen molar-refractivity contribution in [3.63, 3.8) is 0 Å². The maximum absolute atomic E-state index is 13.2. The predicted octanol–water partition coefficient (Wildman–Crippen LogP) is 3.62. The number of carbonyl (C=O) groups excluding carboxylic acids is 2.